The highest BCUT2D eigenvalue weighted by molar-refractivity contribution is 8.00. The van der Waals surface area contributed by atoms with Crippen LogP contribution in [0.5, 0.6) is 0 Å². The molecule has 2 saturated heterocycles. The Kier molecular flexibility index (Phi) is 9.81. The molecule has 1 amide bonds. The molecule has 4 atom stereocenters. The molecule has 1 saturated carbocycles. The summed E-state index contributed by atoms with van der Waals surface area (Å²) in [5, 5.41) is 10.7. The maximum Gasteiger partial charge on any atom is 0.245 e. The fourth-order valence-electron chi connectivity index (χ4n) is 5.12. The van der Waals surface area contributed by atoms with Crippen LogP contribution < -0.4 is 0 Å². The Hall–Kier alpha value is 0.0900. The third-order valence-electron chi connectivity index (χ3n) is 6.80. The Morgan fingerprint density at radius 3 is 2.43 bits per heavy atom. The molecule has 0 aromatic rings. The minimum atomic E-state index is -0.182. The second-order valence-electron chi connectivity index (χ2n) is 8.84. The molecule has 162 valence electrons. The highest BCUT2D eigenvalue weighted by atomic mass is 32.2. The maximum absolute atomic E-state index is 11.4. The second-order valence-corrected chi connectivity index (χ2v) is 11.4. The van der Waals surface area contributed by atoms with Gasteiger partial charge in [0.05, 0.1) is 12.2 Å². The minimum Gasteiger partial charge on any atom is -0.374 e. The van der Waals surface area contributed by atoms with E-state index in [0.717, 1.165) is 35.7 Å². The molecular weight excluding hydrogens is 390 g/mol. The van der Waals surface area contributed by atoms with Gasteiger partial charge >= 0.3 is 0 Å². The Labute approximate surface area is 179 Å². The van der Waals surface area contributed by atoms with E-state index in [1.165, 1.54) is 76.3 Å². The summed E-state index contributed by atoms with van der Waals surface area (Å²) in [5.74, 6) is 5.02. The van der Waals surface area contributed by atoms with Crippen molar-refractivity contribution in [2.75, 3.05) is 24.3 Å². The first-order valence-electron chi connectivity index (χ1n) is 11.5. The molecule has 0 aromatic heterocycles. The van der Waals surface area contributed by atoms with Crippen LogP contribution in [0.4, 0.5) is 0 Å². The number of hydrogen-bond donors (Lipinski definition) is 1. The van der Waals surface area contributed by atoms with Crippen LogP contribution in [0.1, 0.15) is 77.0 Å². The summed E-state index contributed by atoms with van der Waals surface area (Å²) >= 11 is 4.29. The third-order valence-corrected chi connectivity index (χ3v) is 9.42. The number of unbranched alkanes of at least 4 members (excludes halogenated alkanes) is 1. The molecule has 6 heteroatoms. The van der Waals surface area contributed by atoms with Gasteiger partial charge in [0, 0.05) is 18.7 Å². The average Bonchev–Trinajstić information content (AvgIpc) is 3.18. The summed E-state index contributed by atoms with van der Waals surface area (Å²) in [6.45, 7) is 0. The lowest BCUT2D eigenvalue weighted by Gasteiger charge is -2.29. The number of fused-ring (bicyclic) bond motifs is 2. The van der Waals surface area contributed by atoms with Gasteiger partial charge in [0.1, 0.15) is 0 Å². The van der Waals surface area contributed by atoms with E-state index < -0.39 is 0 Å². The van der Waals surface area contributed by atoms with Crippen molar-refractivity contribution in [3.63, 3.8) is 0 Å². The summed E-state index contributed by atoms with van der Waals surface area (Å²) in [6, 6.07) is 0. The number of rotatable bonds is 11. The van der Waals surface area contributed by atoms with Crippen LogP contribution in [-0.4, -0.2) is 57.9 Å². The fourth-order valence-corrected chi connectivity index (χ4v) is 7.79. The predicted octanol–water partition coefficient (Wildman–Crippen LogP) is 5.38. The molecule has 0 radical (unpaired) electrons. The molecule has 2 bridgehead atoms. The summed E-state index contributed by atoms with van der Waals surface area (Å²) in [7, 11) is 1.40. The number of hydroxylamine groups is 2. The quantitative estimate of drug-likeness (QED) is 0.207. The van der Waals surface area contributed by atoms with E-state index in [4.69, 9.17) is 9.94 Å². The molecule has 2 heterocycles. The number of hydrogen-bond acceptors (Lipinski definition) is 5. The van der Waals surface area contributed by atoms with Crippen LogP contribution in [0.2, 0.25) is 0 Å². The van der Waals surface area contributed by atoms with Crippen molar-refractivity contribution in [2.24, 2.45) is 11.8 Å². The van der Waals surface area contributed by atoms with Gasteiger partial charge in [0.15, 0.2) is 0 Å². The van der Waals surface area contributed by atoms with Gasteiger partial charge in [-0.2, -0.15) is 23.5 Å². The lowest BCUT2D eigenvalue weighted by atomic mass is 9.79. The molecule has 1 aliphatic carbocycles. The molecular formula is C22H39NO3S2. The SMILES string of the molecule is CN(O)C(=O)CCCCSCCC1C2CCC(O2)C1CSC1CCCCCC1. The van der Waals surface area contributed by atoms with E-state index in [9.17, 15) is 4.79 Å². The second kappa shape index (κ2) is 12.1. The fraction of sp³-hybridized carbons (Fsp3) is 0.955. The number of ether oxygens (including phenoxy) is 1. The highest BCUT2D eigenvalue weighted by Gasteiger charge is 2.48. The molecule has 3 fully saturated rings. The Balaban J connectivity index is 1.31. The van der Waals surface area contributed by atoms with Crippen LogP contribution in [0, 0.1) is 11.8 Å². The van der Waals surface area contributed by atoms with E-state index >= 15 is 0 Å². The molecule has 0 spiro atoms. The topological polar surface area (TPSA) is 49.8 Å². The number of nitrogens with zero attached hydrogens (tertiary/aromatic N) is 1. The molecule has 4 unspecified atom stereocenters. The van der Waals surface area contributed by atoms with Crippen molar-refractivity contribution in [3.05, 3.63) is 0 Å². The normalized spacial score (nSPS) is 30.5. The van der Waals surface area contributed by atoms with Crippen molar-refractivity contribution in [3.8, 4) is 0 Å². The Morgan fingerprint density at radius 1 is 1.00 bits per heavy atom. The van der Waals surface area contributed by atoms with Crippen molar-refractivity contribution < 1.29 is 14.7 Å². The summed E-state index contributed by atoms with van der Waals surface area (Å²) in [6.07, 6.45) is 15.9. The average molecular weight is 430 g/mol. The first-order chi connectivity index (χ1) is 13.6. The number of carbonyl (C=O) groups is 1. The Bertz CT molecular complexity index is 469. The molecule has 2 aliphatic heterocycles. The van der Waals surface area contributed by atoms with Crippen molar-refractivity contribution in [1.82, 2.24) is 5.06 Å². The first-order valence-corrected chi connectivity index (χ1v) is 13.7. The van der Waals surface area contributed by atoms with Gasteiger partial charge in [0.25, 0.3) is 0 Å². The zero-order chi connectivity index (χ0) is 19.8. The van der Waals surface area contributed by atoms with E-state index in [1.807, 2.05) is 11.8 Å². The molecule has 4 nitrogen and oxygen atoms in total. The van der Waals surface area contributed by atoms with E-state index in [1.54, 1.807) is 0 Å². The number of amides is 1. The van der Waals surface area contributed by atoms with Crippen LogP contribution >= 0.6 is 23.5 Å². The van der Waals surface area contributed by atoms with Crippen molar-refractivity contribution in [1.29, 1.82) is 0 Å². The molecule has 28 heavy (non-hydrogen) atoms. The van der Waals surface area contributed by atoms with Crippen LogP contribution in [-0.2, 0) is 9.53 Å². The largest absolute Gasteiger partial charge is 0.374 e. The predicted molar refractivity (Wildman–Crippen MR) is 119 cm³/mol. The van der Waals surface area contributed by atoms with E-state index in [0.29, 0.717) is 23.7 Å². The smallest absolute Gasteiger partial charge is 0.245 e. The maximum atomic E-state index is 11.4. The van der Waals surface area contributed by atoms with Crippen LogP contribution in [0.3, 0.4) is 0 Å². The summed E-state index contributed by atoms with van der Waals surface area (Å²) < 4.78 is 6.32. The van der Waals surface area contributed by atoms with Gasteiger partial charge in [-0.1, -0.05) is 25.7 Å². The molecule has 3 aliphatic rings. The van der Waals surface area contributed by atoms with Crippen molar-refractivity contribution in [2.45, 2.75) is 94.5 Å². The standard InChI is InChI=1S/C22H39NO3S2/c1-23(25)22(24)10-6-7-14-27-15-13-18-19(21-12-11-20(18)26-21)16-28-17-8-4-2-3-5-9-17/h17-21,25H,2-16H2,1H3. The van der Waals surface area contributed by atoms with Crippen LogP contribution in [0.15, 0.2) is 0 Å². The molecule has 3 rings (SSSR count). The number of carbonyl (C=O) groups excluding carboxylic acids is 1. The Morgan fingerprint density at radius 2 is 1.71 bits per heavy atom. The first kappa shape index (κ1) is 22.8. The lowest BCUT2D eigenvalue weighted by molar-refractivity contribution is -0.159. The zero-order valence-electron chi connectivity index (χ0n) is 17.5. The highest BCUT2D eigenvalue weighted by Crippen LogP contribution is 2.47. The summed E-state index contributed by atoms with van der Waals surface area (Å²) in [5.41, 5.74) is 0. The van der Waals surface area contributed by atoms with E-state index in [-0.39, 0.29) is 5.91 Å². The zero-order valence-corrected chi connectivity index (χ0v) is 19.2. The number of thioether (sulfide) groups is 2. The van der Waals surface area contributed by atoms with E-state index in [2.05, 4.69) is 11.8 Å². The minimum absolute atomic E-state index is 0.182. The monoisotopic (exact) mass is 429 g/mol. The van der Waals surface area contributed by atoms with Gasteiger partial charge in [-0.25, -0.2) is 5.06 Å². The van der Waals surface area contributed by atoms with Gasteiger partial charge in [-0.05, 0) is 74.0 Å². The van der Waals surface area contributed by atoms with Gasteiger partial charge in [0.2, 0.25) is 5.91 Å². The van der Waals surface area contributed by atoms with Gasteiger partial charge < -0.3 is 4.74 Å². The molecule has 0 aromatic carbocycles. The van der Waals surface area contributed by atoms with Crippen molar-refractivity contribution >= 4 is 29.4 Å². The van der Waals surface area contributed by atoms with Gasteiger partial charge in [-0.3, -0.25) is 10.0 Å². The summed E-state index contributed by atoms with van der Waals surface area (Å²) in [4.78, 5) is 11.4. The lowest BCUT2D eigenvalue weighted by Crippen LogP contribution is -2.30. The molecule has 1 N–H and O–H groups in total. The van der Waals surface area contributed by atoms with Crippen LogP contribution in [0.25, 0.3) is 0 Å². The van der Waals surface area contributed by atoms with Gasteiger partial charge in [-0.15, -0.1) is 0 Å². The third kappa shape index (κ3) is 6.82.